The van der Waals surface area contributed by atoms with Crippen LogP contribution in [0.15, 0.2) is 0 Å². The highest BCUT2D eigenvalue weighted by molar-refractivity contribution is 5.80. The molecule has 1 aliphatic heterocycles. The van der Waals surface area contributed by atoms with E-state index in [1.54, 1.807) is 6.92 Å². The minimum Gasteiger partial charge on any atom is -0.481 e. The fourth-order valence-corrected chi connectivity index (χ4v) is 1.48. The number of nitrogens with two attached hydrogens (primary N) is 1. The largest absolute Gasteiger partial charge is 0.481 e. The summed E-state index contributed by atoms with van der Waals surface area (Å²) >= 11 is 0. The molecule has 0 bridgehead atoms. The van der Waals surface area contributed by atoms with E-state index < -0.39 is 17.4 Å². The van der Waals surface area contributed by atoms with Crippen LogP contribution in [0, 0.1) is 5.41 Å². The van der Waals surface area contributed by atoms with E-state index in [4.69, 9.17) is 15.6 Å². The van der Waals surface area contributed by atoms with Crippen LogP contribution in [0.5, 0.6) is 0 Å². The van der Waals surface area contributed by atoms with Crippen LogP contribution < -0.4 is 11.1 Å². The monoisotopic (exact) mass is 216 g/mol. The van der Waals surface area contributed by atoms with Crippen molar-refractivity contribution in [2.24, 2.45) is 11.1 Å². The van der Waals surface area contributed by atoms with E-state index in [1.807, 2.05) is 0 Å². The van der Waals surface area contributed by atoms with Crippen LogP contribution in [0.4, 0.5) is 0 Å². The number of rotatable bonds is 4. The molecule has 4 N–H and O–H groups in total. The standard InChI is InChI=1S/C9H16N2O4/c1-9(8(13)14)5-15-4-6(9)11-7(12)2-3-10/h6H,2-5,10H2,1H3,(H,11,12)(H,13,14). The van der Waals surface area contributed by atoms with Crippen molar-refractivity contribution in [3.05, 3.63) is 0 Å². The molecule has 0 aliphatic carbocycles. The highest BCUT2D eigenvalue weighted by atomic mass is 16.5. The summed E-state index contributed by atoms with van der Waals surface area (Å²) in [4.78, 5) is 22.3. The number of hydrogen-bond donors (Lipinski definition) is 3. The van der Waals surface area contributed by atoms with Crippen LogP contribution in [-0.4, -0.2) is 42.8 Å². The second kappa shape index (κ2) is 4.59. The number of carbonyl (C=O) groups is 2. The summed E-state index contributed by atoms with van der Waals surface area (Å²) < 4.78 is 5.09. The fraction of sp³-hybridized carbons (Fsp3) is 0.778. The van der Waals surface area contributed by atoms with Crippen molar-refractivity contribution in [2.75, 3.05) is 19.8 Å². The molecule has 0 radical (unpaired) electrons. The molecular formula is C9H16N2O4. The average Bonchev–Trinajstić information content (AvgIpc) is 2.50. The Bertz CT molecular complexity index is 269. The molecule has 1 heterocycles. The summed E-state index contributed by atoms with van der Waals surface area (Å²) in [6.07, 6.45) is 0.201. The molecule has 86 valence electrons. The highest BCUT2D eigenvalue weighted by Crippen LogP contribution is 2.28. The molecule has 2 unspecified atom stereocenters. The Labute approximate surface area is 87.8 Å². The van der Waals surface area contributed by atoms with Gasteiger partial charge in [0.2, 0.25) is 5.91 Å². The molecule has 1 aliphatic rings. The number of carboxylic acids is 1. The van der Waals surface area contributed by atoms with Gasteiger partial charge in [-0.25, -0.2) is 0 Å². The van der Waals surface area contributed by atoms with Crippen LogP contribution in [0.1, 0.15) is 13.3 Å². The summed E-state index contributed by atoms with van der Waals surface area (Å²) in [6, 6.07) is -0.478. The van der Waals surface area contributed by atoms with Crippen molar-refractivity contribution in [1.82, 2.24) is 5.32 Å². The molecule has 6 nitrogen and oxygen atoms in total. The SMILES string of the molecule is CC1(C(=O)O)COCC1NC(=O)CCN. The van der Waals surface area contributed by atoms with Crippen molar-refractivity contribution >= 4 is 11.9 Å². The number of carbonyl (C=O) groups excluding carboxylic acids is 1. The summed E-state index contributed by atoms with van der Waals surface area (Å²) in [5.41, 5.74) is 4.19. The van der Waals surface area contributed by atoms with Gasteiger partial charge in [-0.15, -0.1) is 0 Å². The van der Waals surface area contributed by atoms with Gasteiger partial charge in [0.25, 0.3) is 0 Å². The lowest BCUT2D eigenvalue weighted by Crippen LogP contribution is -2.49. The van der Waals surface area contributed by atoms with Crippen molar-refractivity contribution < 1.29 is 19.4 Å². The minimum absolute atomic E-state index is 0.121. The van der Waals surface area contributed by atoms with Crippen LogP contribution in [-0.2, 0) is 14.3 Å². The fourth-order valence-electron chi connectivity index (χ4n) is 1.48. The first-order valence-electron chi connectivity index (χ1n) is 4.81. The van der Waals surface area contributed by atoms with Crippen molar-refractivity contribution in [1.29, 1.82) is 0 Å². The molecule has 0 aromatic rings. The van der Waals surface area contributed by atoms with Crippen molar-refractivity contribution in [2.45, 2.75) is 19.4 Å². The topological polar surface area (TPSA) is 102 Å². The lowest BCUT2D eigenvalue weighted by Gasteiger charge is -2.25. The van der Waals surface area contributed by atoms with Gasteiger partial charge in [-0.3, -0.25) is 9.59 Å². The minimum atomic E-state index is -1.04. The zero-order valence-electron chi connectivity index (χ0n) is 8.66. The predicted molar refractivity (Wildman–Crippen MR) is 52.2 cm³/mol. The molecule has 0 saturated carbocycles. The van der Waals surface area contributed by atoms with Crippen molar-refractivity contribution in [3.8, 4) is 0 Å². The third-order valence-electron chi connectivity index (χ3n) is 2.65. The van der Waals surface area contributed by atoms with Gasteiger partial charge in [-0.2, -0.15) is 0 Å². The second-order valence-corrected chi connectivity index (χ2v) is 3.90. The van der Waals surface area contributed by atoms with Gasteiger partial charge in [0.15, 0.2) is 0 Å². The highest BCUT2D eigenvalue weighted by Gasteiger charge is 2.47. The lowest BCUT2D eigenvalue weighted by atomic mass is 9.85. The van der Waals surface area contributed by atoms with E-state index in [-0.39, 0.29) is 32.1 Å². The molecule has 0 aromatic heterocycles. The Morgan fingerprint density at radius 3 is 2.87 bits per heavy atom. The van der Waals surface area contributed by atoms with Crippen LogP contribution in [0.2, 0.25) is 0 Å². The number of amides is 1. The first-order chi connectivity index (χ1) is 7.00. The third kappa shape index (κ3) is 2.45. The Morgan fingerprint density at radius 2 is 2.33 bits per heavy atom. The second-order valence-electron chi connectivity index (χ2n) is 3.90. The zero-order valence-corrected chi connectivity index (χ0v) is 8.66. The van der Waals surface area contributed by atoms with Crippen LogP contribution in [0.3, 0.4) is 0 Å². The molecule has 0 spiro atoms. The molecule has 2 atom stereocenters. The number of ether oxygens (including phenoxy) is 1. The molecule has 1 fully saturated rings. The Balaban J connectivity index is 2.61. The molecule has 1 saturated heterocycles. The maximum atomic E-state index is 11.3. The van der Waals surface area contributed by atoms with Gasteiger partial charge < -0.3 is 20.9 Å². The molecular weight excluding hydrogens is 200 g/mol. The maximum Gasteiger partial charge on any atom is 0.313 e. The predicted octanol–water partition coefficient (Wildman–Crippen LogP) is -1.06. The lowest BCUT2D eigenvalue weighted by molar-refractivity contribution is -0.149. The van der Waals surface area contributed by atoms with E-state index >= 15 is 0 Å². The number of nitrogens with one attached hydrogen (secondary N) is 1. The Hall–Kier alpha value is -1.14. The normalized spacial score (nSPS) is 30.1. The van der Waals surface area contributed by atoms with Gasteiger partial charge in [-0.1, -0.05) is 0 Å². The molecule has 0 aromatic carbocycles. The van der Waals surface area contributed by atoms with E-state index in [0.717, 1.165) is 0 Å². The first kappa shape index (κ1) is 11.9. The van der Waals surface area contributed by atoms with Crippen LogP contribution in [0.25, 0.3) is 0 Å². The summed E-state index contributed by atoms with van der Waals surface area (Å²) in [7, 11) is 0. The van der Waals surface area contributed by atoms with Crippen molar-refractivity contribution in [3.63, 3.8) is 0 Å². The van der Waals surface area contributed by atoms with E-state index in [2.05, 4.69) is 5.32 Å². The van der Waals surface area contributed by atoms with E-state index in [9.17, 15) is 9.59 Å². The summed E-state index contributed by atoms with van der Waals surface area (Å²) in [5, 5.41) is 11.7. The molecule has 1 rings (SSSR count). The van der Waals surface area contributed by atoms with Gasteiger partial charge in [0, 0.05) is 13.0 Å². The van der Waals surface area contributed by atoms with Crippen LogP contribution >= 0.6 is 0 Å². The summed E-state index contributed by atoms with van der Waals surface area (Å²) in [6.45, 7) is 2.17. The van der Waals surface area contributed by atoms with Gasteiger partial charge >= 0.3 is 5.97 Å². The summed E-state index contributed by atoms with van der Waals surface area (Å²) in [5.74, 6) is -1.20. The molecule has 15 heavy (non-hydrogen) atoms. The first-order valence-corrected chi connectivity index (χ1v) is 4.81. The quantitative estimate of drug-likeness (QED) is 0.556. The van der Waals surface area contributed by atoms with Gasteiger partial charge in [0.05, 0.1) is 19.3 Å². The zero-order chi connectivity index (χ0) is 11.5. The van der Waals surface area contributed by atoms with Gasteiger partial charge in [0.1, 0.15) is 5.41 Å². The Kier molecular flexibility index (Phi) is 3.65. The number of carboxylic acid groups (broad SMARTS) is 1. The molecule has 6 heteroatoms. The maximum absolute atomic E-state index is 11.3. The Morgan fingerprint density at radius 1 is 1.67 bits per heavy atom. The smallest absolute Gasteiger partial charge is 0.313 e. The third-order valence-corrected chi connectivity index (χ3v) is 2.65. The molecule has 1 amide bonds. The van der Waals surface area contributed by atoms with Gasteiger partial charge in [-0.05, 0) is 6.92 Å². The average molecular weight is 216 g/mol. The van der Waals surface area contributed by atoms with E-state index in [0.29, 0.717) is 0 Å². The number of aliphatic carboxylic acids is 1. The van der Waals surface area contributed by atoms with E-state index in [1.165, 1.54) is 0 Å². The number of hydrogen-bond acceptors (Lipinski definition) is 4.